The summed E-state index contributed by atoms with van der Waals surface area (Å²) < 4.78 is 5.60. The van der Waals surface area contributed by atoms with Gasteiger partial charge in [-0.25, -0.2) is 0 Å². The molecule has 3 unspecified atom stereocenters. The van der Waals surface area contributed by atoms with Crippen LogP contribution in [0.1, 0.15) is 97.0 Å². The molecule has 1 saturated heterocycles. The van der Waals surface area contributed by atoms with Crippen molar-refractivity contribution >= 4 is 92.6 Å². The van der Waals surface area contributed by atoms with Crippen molar-refractivity contribution in [1.29, 1.82) is 0 Å². The average Bonchev–Trinajstić information content (AvgIpc) is 3.93. The number of nitrogens with one attached hydrogen (secondary N) is 7. The number of carbonyl (C=O) groups excluding carboxylic acids is 9. The van der Waals surface area contributed by atoms with Crippen LogP contribution in [0.15, 0.2) is 49.7 Å². The molecule has 0 bridgehead atoms. The van der Waals surface area contributed by atoms with Crippen LogP contribution in [-0.4, -0.2) is 151 Å². The van der Waals surface area contributed by atoms with Gasteiger partial charge in [0.15, 0.2) is 17.9 Å². The van der Waals surface area contributed by atoms with Gasteiger partial charge in [-0.2, -0.15) is 0 Å². The molecule has 1 aliphatic carbocycles. The van der Waals surface area contributed by atoms with E-state index >= 15 is 0 Å². The fourth-order valence-corrected chi connectivity index (χ4v) is 11.1. The van der Waals surface area contributed by atoms with Crippen molar-refractivity contribution in [2.45, 2.75) is 146 Å². The van der Waals surface area contributed by atoms with Crippen LogP contribution in [0.3, 0.4) is 0 Å². The van der Waals surface area contributed by atoms with E-state index in [1.54, 1.807) is 38.1 Å². The van der Waals surface area contributed by atoms with Crippen LogP contribution in [0.4, 0.5) is 0 Å². The zero-order valence-corrected chi connectivity index (χ0v) is 47.1. The summed E-state index contributed by atoms with van der Waals surface area (Å²) in [6.45, 7) is 5.61. The van der Waals surface area contributed by atoms with E-state index in [4.69, 9.17) is 56.3 Å². The molecule has 25 N–H and O–H groups in total. The molecule has 80 heavy (non-hydrogen) atoms. The number of hydrogen-bond donors (Lipinski definition) is 16. The Morgan fingerprint density at radius 2 is 1.21 bits per heavy atom. The number of guanidine groups is 3. The van der Waals surface area contributed by atoms with Crippen LogP contribution >= 0.6 is 21.6 Å². The van der Waals surface area contributed by atoms with Crippen molar-refractivity contribution < 1.29 is 47.9 Å². The minimum Gasteiger partial charge on any atom is -0.494 e. The average molecular weight is 1160 g/mol. The second-order valence-corrected chi connectivity index (χ2v) is 21.7. The Balaban J connectivity index is 2.19. The van der Waals surface area contributed by atoms with Crippen LogP contribution in [0.2, 0.25) is 0 Å². The van der Waals surface area contributed by atoms with Crippen LogP contribution in [-0.2, 0) is 49.6 Å². The Hall–Kier alpha value is -7.54. The van der Waals surface area contributed by atoms with Gasteiger partial charge in [-0.15, -0.1) is 0 Å². The van der Waals surface area contributed by atoms with Gasteiger partial charge in [0, 0.05) is 36.7 Å². The number of benzene rings is 1. The third-order valence-corrected chi connectivity index (χ3v) is 15.1. The van der Waals surface area contributed by atoms with E-state index in [1.165, 1.54) is 0 Å². The zero-order valence-electron chi connectivity index (χ0n) is 45.5. The summed E-state index contributed by atoms with van der Waals surface area (Å²) in [6.07, 6.45) is 2.22. The molecule has 0 radical (unpaired) electrons. The Morgan fingerprint density at radius 3 is 1.76 bits per heavy atom. The van der Waals surface area contributed by atoms with Gasteiger partial charge in [0.1, 0.15) is 54.1 Å². The SMILES string of the molecule is CCOc1ccc(CC2NC(=O)[C@@H](N)C(=C3CCCC3)SSCC(C(=O)N[C@@H](CCCN=C(N)N)C(=O)N[C@@H](CCCN=C(N)N)C(N)=O)NC(=O)[C@H](CC(N)=O)NC(=O)[C@H](C(C)C)NC(=O)C(CCCN=C(N)N)NC2=O)cc1. The number of nitrogens with two attached hydrogens (primary N) is 9. The summed E-state index contributed by atoms with van der Waals surface area (Å²) in [6, 6.07) is -4.55. The molecule has 2 aliphatic rings. The number of aliphatic imine (C=N–C) groups is 3. The van der Waals surface area contributed by atoms with E-state index in [0.717, 1.165) is 40.0 Å². The first-order chi connectivity index (χ1) is 37.9. The van der Waals surface area contributed by atoms with Gasteiger partial charge in [-0.3, -0.25) is 58.1 Å². The van der Waals surface area contributed by atoms with E-state index in [2.05, 4.69) is 52.2 Å². The number of allylic oxidation sites excluding steroid dienone is 1. The summed E-state index contributed by atoms with van der Waals surface area (Å²) >= 11 is 0. The van der Waals surface area contributed by atoms with E-state index in [9.17, 15) is 43.2 Å². The molecule has 9 amide bonds. The standard InChI is InChI=1S/C49H81N19O10S2/c1-4-78-28-17-15-26(16-18-28)22-32-42(73)63-31(14-9-21-61-49(57)58)41(72)68-37(25(2)3)46(77)66-33(23-35(50)69)43(74)67-34(24-79-80-38(27-10-5-6-11-27)36(51)45(76)65-32)44(75)64-30(13-8-20-60-48(55)56)40(71)62-29(39(52)70)12-7-19-59-47(53)54/h15-18,25,29-34,36-37H,4-14,19-24,51H2,1-3H3,(H2,50,69)(H2,52,70)(H,62,71)(H,63,73)(H,64,75)(H,65,76)(H,66,77)(H,67,74)(H,68,72)(H4,53,54,59)(H4,55,56,60)(H4,57,58,61)/t29-,30-,31?,32?,33-,34?,36-,37-/m0/s1. The minimum atomic E-state index is -1.74. The molecule has 444 valence electrons. The van der Waals surface area contributed by atoms with Gasteiger partial charge in [0.05, 0.1) is 13.0 Å². The van der Waals surface area contributed by atoms with Gasteiger partial charge < -0.3 is 93.6 Å². The normalized spacial score (nSPS) is 21.4. The Kier molecular flexibility index (Phi) is 28.8. The molecule has 31 heteroatoms. The van der Waals surface area contributed by atoms with Crippen molar-refractivity contribution in [1.82, 2.24) is 37.2 Å². The monoisotopic (exact) mass is 1160 g/mol. The molecule has 0 aromatic heterocycles. The van der Waals surface area contributed by atoms with Crippen LogP contribution < -0.4 is 93.6 Å². The largest absolute Gasteiger partial charge is 0.494 e. The molecule has 29 nitrogen and oxygen atoms in total. The van der Waals surface area contributed by atoms with Gasteiger partial charge >= 0.3 is 0 Å². The molecule has 1 heterocycles. The molecule has 2 fully saturated rings. The van der Waals surface area contributed by atoms with E-state index in [1.807, 2.05) is 6.92 Å². The van der Waals surface area contributed by atoms with Crippen molar-refractivity contribution in [3.8, 4) is 5.75 Å². The predicted octanol–water partition coefficient (Wildman–Crippen LogP) is -4.25. The van der Waals surface area contributed by atoms with Crippen molar-refractivity contribution in [3.05, 3.63) is 40.3 Å². The molecule has 1 aromatic carbocycles. The molecule has 1 aromatic rings. The minimum absolute atomic E-state index is 0.0171. The third kappa shape index (κ3) is 23.8. The number of carbonyl (C=O) groups is 9. The lowest BCUT2D eigenvalue weighted by atomic mass is 10.0. The molecule has 3 rings (SSSR count). The third-order valence-electron chi connectivity index (χ3n) is 12.5. The number of rotatable bonds is 24. The van der Waals surface area contributed by atoms with E-state index in [-0.39, 0.29) is 88.2 Å². The van der Waals surface area contributed by atoms with E-state index < -0.39 is 114 Å². The molecule has 1 saturated carbocycles. The van der Waals surface area contributed by atoms with Crippen LogP contribution in [0.5, 0.6) is 5.75 Å². The number of amides is 9. The van der Waals surface area contributed by atoms with Gasteiger partial charge in [-0.1, -0.05) is 53.1 Å². The lowest BCUT2D eigenvalue weighted by Crippen LogP contribution is -2.61. The topological polar surface area (TPSA) is 518 Å². The summed E-state index contributed by atoms with van der Waals surface area (Å²) in [5.41, 5.74) is 52.5. The Labute approximate surface area is 472 Å². The maximum absolute atomic E-state index is 14.6. The Morgan fingerprint density at radius 1 is 0.675 bits per heavy atom. The highest BCUT2D eigenvalue weighted by Gasteiger charge is 2.37. The first-order valence-corrected chi connectivity index (χ1v) is 28.6. The number of primary amides is 2. The predicted molar refractivity (Wildman–Crippen MR) is 306 cm³/mol. The first kappa shape index (κ1) is 66.7. The maximum Gasteiger partial charge on any atom is 0.244 e. The highest BCUT2D eigenvalue weighted by Crippen LogP contribution is 2.40. The fraction of sp³-hybridized carbons (Fsp3) is 0.592. The lowest BCUT2D eigenvalue weighted by Gasteiger charge is -2.29. The molecule has 0 spiro atoms. The van der Waals surface area contributed by atoms with Crippen molar-refractivity contribution in [2.24, 2.45) is 72.5 Å². The van der Waals surface area contributed by atoms with Gasteiger partial charge in [0.2, 0.25) is 53.2 Å². The summed E-state index contributed by atoms with van der Waals surface area (Å²) in [7, 11) is 2.07. The van der Waals surface area contributed by atoms with Crippen LogP contribution in [0.25, 0.3) is 0 Å². The van der Waals surface area contributed by atoms with Gasteiger partial charge in [-0.05, 0) is 94.7 Å². The van der Waals surface area contributed by atoms with Crippen LogP contribution in [0, 0.1) is 5.92 Å². The van der Waals surface area contributed by atoms with Gasteiger partial charge in [0.25, 0.3) is 0 Å². The highest BCUT2D eigenvalue weighted by molar-refractivity contribution is 8.78. The zero-order chi connectivity index (χ0) is 59.5. The molecular weight excluding hydrogens is 1080 g/mol. The summed E-state index contributed by atoms with van der Waals surface area (Å²) in [4.78, 5) is 138. The molecular formula is C49H81N19O10S2. The quantitative estimate of drug-likeness (QED) is 0.0202. The molecule has 8 atom stereocenters. The second-order valence-electron chi connectivity index (χ2n) is 19.3. The summed E-state index contributed by atoms with van der Waals surface area (Å²) in [5, 5.41) is 18.5. The highest BCUT2D eigenvalue weighted by atomic mass is 33.1. The maximum atomic E-state index is 14.6. The second kappa shape index (κ2) is 34.5. The van der Waals surface area contributed by atoms with E-state index in [0.29, 0.717) is 35.7 Å². The molecule has 1 aliphatic heterocycles. The summed E-state index contributed by atoms with van der Waals surface area (Å²) in [5.74, 6) is -9.12. The number of hydrogen-bond acceptors (Lipinski definition) is 16. The number of nitrogens with zero attached hydrogens (tertiary/aromatic N) is 3. The first-order valence-electron chi connectivity index (χ1n) is 26.3. The lowest BCUT2D eigenvalue weighted by molar-refractivity contribution is -0.136. The fourth-order valence-electron chi connectivity index (χ4n) is 8.33. The number of ether oxygens (including phenoxy) is 1. The van der Waals surface area contributed by atoms with Crippen molar-refractivity contribution in [3.63, 3.8) is 0 Å². The van der Waals surface area contributed by atoms with Crippen molar-refractivity contribution in [2.75, 3.05) is 32.0 Å². The Bertz CT molecular complexity index is 2420. The smallest absolute Gasteiger partial charge is 0.244 e.